The van der Waals surface area contributed by atoms with Crippen LogP contribution in [0.2, 0.25) is 0 Å². The van der Waals surface area contributed by atoms with Gasteiger partial charge in [-0.25, -0.2) is 5.43 Å². The maximum atomic E-state index is 12.3. The monoisotopic (exact) mass is 252 g/mol. The molecule has 2 amide bonds. The van der Waals surface area contributed by atoms with Gasteiger partial charge in [-0.05, 0) is 32.2 Å². The Bertz CT molecular complexity index is 365. The smallest absolute Gasteiger partial charge is 0.270 e. The van der Waals surface area contributed by atoms with Gasteiger partial charge in [-0.2, -0.15) is 5.10 Å². The molecule has 0 aromatic heterocycles. The quantitative estimate of drug-likeness (QED) is 0.740. The molecule has 6 heteroatoms. The number of rotatable bonds is 3. The van der Waals surface area contributed by atoms with Gasteiger partial charge in [0.05, 0.1) is 0 Å². The molecule has 0 spiro atoms. The van der Waals surface area contributed by atoms with Gasteiger partial charge in [0.25, 0.3) is 5.91 Å². The molecule has 1 unspecified atom stereocenters. The summed E-state index contributed by atoms with van der Waals surface area (Å²) < 4.78 is 0. The number of carbonyl (C=O) groups excluding carboxylic acids is 2. The fraction of sp³-hybridized carbons (Fsp3) is 0.750. The summed E-state index contributed by atoms with van der Waals surface area (Å²) in [6, 6.07) is 0.233. The zero-order valence-corrected chi connectivity index (χ0v) is 10.5. The maximum Gasteiger partial charge on any atom is 0.270 e. The molecule has 2 aliphatic rings. The second kappa shape index (κ2) is 5.95. The van der Waals surface area contributed by atoms with E-state index in [4.69, 9.17) is 5.73 Å². The first-order valence-corrected chi connectivity index (χ1v) is 6.59. The molecule has 0 aliphatic carbocycles. The third-order valence-corrected chi connectivity index (χ3v) is 3.54. The minimum absolute atomic E-state index is 0.0341. The molecule has 1 atom stereocenters. The van der Waals surface area contributed by atoms with Crippen LogP contribution in [0.5, 0.6) is 0 Å². The van der Waals surface area contributed by atoms with E-state index in [-0.39, 0.29) is 17.9 Å². The van der Waals surface area contributed by atoms with Gasteiger partial charge in [0.2, 0.25) is 5.91 Å². The summed E-state index contributed by atoms with van der Waals surface area (Å²) in [5.41, 5.74) is 8.44. The second-order valence-corrected chi connectivity index (χ2v) is 4.82. The fourth-order valence-corrected chi connectivity index (χ4v) is 2.55. The van der Waals surface area contributed by atoms with Crippen molar-refractivity contribution in [2.24, 2.45) is 10.8 Å². The number of nitrogens with zero attached hydrogens (tertiary/aromatic N) is 2. The van der Waals surface area contributed by atoms with Crippen LogP contribution >= 0.6 is 0 Å². The predicted molar refractivity (Wildman–Crippen MR) is 67.8 cm³/mol. The molecular formula is C12H20N4O2. The van der Waals surface area contributed by atoms with Crippen LogP contribution in [0.25, 0.3) is 0 Å². The van der Waals surface area contributed by atoms with Crippen molar-refractivity contribution in [2.45, 2.75) is 44.6 Å². The average Bonchev–Trinajstić information content (AvgIpc) is 2.40. The van der Waals surface area contributed by atoms with Gasteiger partial charge in [0.15, 0.2) is 0 Å². The molecule has 3 N–H and O–H groups in total. The Morgan fingerprint density at radius 1 is 1.44 bits per heavy atom. The van der Waals surface area contributed by atoms with E-state index in [0.717, 1.165) is 32.2 Å². The summed E-state index contributed by atoms with van der Waals surface area (Å²) in [6.45, 7) is 1.37. The Hall–Kier alpha value is -1.43. The van der Waals surface area contributed by atoms with E-state index in [2.05, 4.69) is 10.5 Å². The summed E-state index contributed by atoms with van der Waals surface area (Å²) in [5.74, 6) is -0.156. The normalized spacial score (nSPS) is 24.5. The van der Waals surface area contributed by atoms with Crippen molar-refractivity contribution in [3.05, 3.63) is 0 Å². The van der Waals surface area contributed by atoms with Gasteiger partial charge in [-0.1, -0.05) is 0 Å². The van der Waals surface area contributed by atoms with Crippen molar-refractivity contribution in [1.82, 2.24) is 10.3 Å². The van der Waals surface area contributed by atoms with Crippen molar-refractivity contribution in [1.29, 1.82) is 0 Å². The number of piperidine rings is 1. The lowest BCUT2D eigenvalue weighted by Crippen LogP contribution is -2.48. The molecule has 0 saturated carbocycles. The Morgan fingerprint density at radius 2 is 2.28 bits per heavy atom. The van der Waals surface area contributed by atoms with E-state index < -0.39 is 0 Å². The predicted octanol–water partition coefficient (Wildman–Crippen LogP) is -0.0177. The zero-order valence-electron chi connectivity index (χ0n) is 10.5. The van der Waals surface area contributed by atoms with Crippen molar-refractivity contribution in [2.75, 3.05) is 13.1 Å². The van der Waals surface area contributed by atoms with Gasteiger partial charge < -0.3 is 10.6 Å². The second-order valence-electron chi connectivity index (χ2n) is 4.82. The molecule has 0 bridgehead atoms. The van der Waals surface area contributed by atoms with E-state index in [1.165, 1.54) is 0 Å². The van der Waals surface area contributed by atoms with Crippen molar-refractivity contribution < 1.29 is 9.59 Å². The Kier molecular flexibility index (Phi) is 4.30. The third-order valence-electron chi connectivity index (χ3n) is 3.54. The lowest BCUT2D eigenvalue weighted by atomic mass is 9.98. The van der Waals surface area contributed by atoms with Crippen molar-refractivity contribution >= 4 is 17.5 Å². The highest BCUT2D eigenvalue weighted by Crippen LogP contribution is 2.20. The molecular weight excluding hydrogens is 232 g/mol. The van der Waals surface area contributed by atoms with E-state index in [9.17, 15) is 9.59 Å². The van der Waals surface area contributed by atoms with Crippen LogP contribution in [0.3, 0.4) is 0 Å². The molecule has 2 aliphatic heterocycles. The van der Waals surface area contributed by atoms with E-state index in [1.807, 2.05) is 4.90 Å². The first-order valence-electron chi connectivity index (χ1n) is 6.59. The maximum absolute atomic E-state index is 12.3. The first-order chi connectivity index (χ1) is 8.72. The molecule has 100 valence electrons. The molecule has 2 rings (SSSR count). The summed E-state index contributed by atoms with van der Waals surface area (Å²) >= 11 is 0. The standard InChI is InChI=1S/C12H20N4O2/c13-7-6-9-3-1-2-8-16(9)12(18)10-4-5-11(17)15-14-10/h9H,1-8,13H2,(H,15,17). The van der Waals surface area contributed by atoms with Gasteiger partial charge >= 0.3 is 0 Å². The Labute approximate surface area is 107 Å². The number of hydrogen-bond acceptors (Lipinski definition) is 4. The molecule has 2 heterocycles. The lowest BCUT2D eigenvalue weighted by Gasteiger charge is -2.36. The van der Waals surface area contributed by atoms with Crippen LogP contribution in [0.1, 0.15) is 38.5 Å². The van der Waals surface area contributed by atoms with Crippen LogP contribution in [0, 0.1) is 0 Å². The molecule has 0 aromatic carbocycles. The van der Waals surface area contributed by atoms with Crippen molar-refractivity contribution in [3.63, 3.8) is 0 Å². The molecule has 1 fully saturated rings. The van der Waals surface area contributed by atoms with Gasteiger partial charge in [0, 0.05) is 25.4 Å². The highest BCUT2D eigenvalue weighted by molar-refractivity contribution is 6.39. The van der Waals surface area contributed by atoms with E-state index in [1.54, 1.807) is 0 Å². The lowest BCUT2D eigenvalue weighted by molar-refractivity contribution is -0.128. The molecule has 1 saturated heterocycles. The van der Waals surface area contributed by atoms with Crippen molar-refractivity contribution in [3.8, 4) is 0 Å². The number of hydrogen-bond donors (Lipinski definition) is 2. The summed E-state index contributed by atoms with van der Waals surface area (Å²) in [4.78, 5) is 25.2. The van der Waals surface area contributed by atoms with Gasteiger partial charge in [-0.15, -0.1) is 0 Å². The molecule has 18 heavy (non-hydrogen) atoms. The third kappa shape index (κ3) is 2.87. The molecule has 0 aromatic rings. The van der Waals surface area contributed by atoms with Crippen LogP contribution in [0.15, 0.2) is 5.10 Å². The average molecular weight is 252 g/mol. The number of amides is 2. The minimum atomic E-state index is -0.122. The summed E-state index contributed by atoms with van der Waals surface area (Å²) in [6.07, 6.45) is 4.83. The molecule has 6 nitrogen and oxygen atoms in total. The largest absolute Gasteiger partial charge is 0.335 e. The van der Waals surface area contributed by atoms with Crippen LogP contribution in [-0.4, -0.2) is 41.6 Å². The van der Waals surface area contributed by atoms with E-state index >= 15 is 0 Å². The zero-order chi connectivity index (χ0) is 13.0. The number of nitrogens with one attached hydrogen (secondary N) is 1. The van der Waals surface area contributed by atoms with Crippen LogP contribution in [-0.2, 0) is 9.59 Å². The van der Waals surface area contributed by atoms with Gasteiger partial charge in [-0.3, -0.25) is 9.59 Å². The Morgan fingerprint density at radius 3 is 2.94 bits per heavy atom. The van der Waals surface area contributed by atoms with Crippen LogP contribution < -0.4 is 11.2 Å². The SMILES string of the molecule is NCCC1CCCCN1C(=O)C1=NNC(=O)CC1. The topological polar surface area (TPSA) is 87.8 Å². The summed E-state index contributed by atoms with van der Waals surface area (Å²) in [7, 11) is 0. The highest BCUT2D eigenvalue weighted by Gasteiger charge is 2.30. The summed E-state index contributed by atoms with van der Waals surface area (Å²) in [5, 5.41) is 3.87. The van der Waals surface area contributed by atoms with Crippen LogP contribution in [0.4, 0.5) is 0 Å². The minimum Gasteiger partial charge on any atom is -0.335 e. The number of carbonyl (C=O) groups is 2. The number of likely N-dealkylation sites (tertiary alicyclic amines) is 1. The highest BCUT2D eigenvalue weighted by atomic mass is 16.2. The number of nitrogens with two attached hydrogens (primary N) is 1. The fourth-order valence-electron chi connectivity index (χ4n) is 2.55. The number of hydrazone groups is 1. The molecule has 0 radical (unpaired) electrons. The van der Waals surface area contributed by atoms with E-state index in [0.29, 0.717) is 25.1 Å². The van der Waals surface area contributed by atoms with Gasteiger partial charge in [0.1, 0.15) is 5.71 Å². The first kappa shape index (κ1) is 13.0. The Balaban J connectivity index is 2.04.